The predicted molar refractivity (Wildman–Crippen MR) is 101 cm³/mol. The molecule has 0 aliphatic carbocycles. The van der Waals surface area contributed by atoms with Gasteiger partial charge in [0, 0.05) is 18.3 Å². The minimum Gasteiger partial charge on any atom is -0.463 e. The van der Waals surface area contributed by atoms with Crippen molar-refractivity contribution >= 4 is 12.0 Å². The molecule has 6 heteroatoms. The molecule has 1 aromatic rings. The van der Waals surface area contributed by atoms with Crippen molar-refractivity contribution in [3.05, 3.63) is 47.2 Å². The Bertz CT molecular complexity index is 656. The number of hydrogen-bond donors (Lipinski definition) is 3. The van der Waals surface area contributed by atoms with E-state index < -0.39 is 0 Å². The fourth-order valence-electron chi connectivity index (χ4n) is 3.21. The minimum absolute atomic E-state index is 0.110. The zero-order chi connectivity index (χ0) is 19.1. The molecule has 0 saturated carbocycles. The van der Waals surface area contributed by atoms with Gasteiger partial charge in [0.15, 0.2) is 0 Å². The third-order valence-electron chi connectivity index (χ3n) is 4.47. The minimum atomic E-state index is -0.385. The second-order valence-corrected chi connectivity index (χ2v) is 6.69. The zero-order valence-electron chi connectivity index (χ0n) is 16.0. The summed E-state index contributed by atoms with van der Waals surface area (Å²) >= 11 is 0. The standard InChI is InChI=1S/C20H29N3O3/c1-5-15-17(19(24)26-6-2)16(23-20(25)22-15)12-21-18(13(3)4)14-10-8-7-9-11-14/h7-11,13,15,18,21H,5-6,12H2,1-4H3,(H2,22,23,25)/t15-,18+/m1/s1. The van der Waals surface area contributed by atoms with Gasteiger partial charge in [-0.2, -0.15) is 0 Å². The topological polar surface area (TPSA) is 79.5 Å². The first-order chi connectivity index (χ1) is 12.5. The Balaban J connectivity index is 2.26. The molecule has 1 aliphatic rings. The summed E-state index contributed by atoms with van der Waals surface area (Å²) in [6, 6.07) is 9.64. The van der Waals surface area contributed by atoms with Crippen molar-refractivity contribution in [3.8, 4) is 0 Å². The van der Waals surface area contributed by atoms with E-state index in [1.54, 1.807) is 6.92 Å². The first kappa shape index (κ1) is 20.0. The molecule has 6 nitrogen and oxygen atoms in total. The number of benzene rings is 1. The van der Waals surface area contributed by atoms with E-state index >= 15 is 0 Å². The smallest absolute Gasteiger partial charge is 0.337 e. The van der Waals surface area contributed by atoms with Gasteiger partial charge in [-0.05, 0) is 24.8 Å². The molecule has 1 heterocycles. The van der Waals surface area contributed by atoms with Crippen LogP contribution < -0.4 is 16.0 Å². The maximum absolute atomic E-state index is 12.4. The molecular weight excluding hydrogens is 330 g/mol. The summed E-state index contributed by atoms with van der Waals surface area (Å²) in [6.45, 7) is 8.67. The Morgan fingerprint density at radius 2 is 1.92 bits per heavy atom. The van der Waals surface area contributed by atoms with Gasteiger partial charge in [-0.25, -0.2) is 9.59 Å². The molecule has 0 unspecified atom stereocenters. The SMILES string of the molecule is CCOC(=O)C1=C(CN[C@H](c2ccccc2)C(C)C)NC(=O)N[C@@H]1CC. The molecule has 26 heavy (non-hydrogen) atoms. The van der Waals surface area contributed by atoms with Crippen LogP contribution in [0.1, 0.15) is 45.7 Å². The molecule has 0 spiro atoms. The van der Waals surface area contributed by atoms with E-state index in [0.717, 1.165) is 0 Å². The van der Waals surface area contributed by atoms with Crippen LogP contribution in [-0.2, 0) is 9.53 Å². The van der Waals surface area contributed by atoms with Gasteiger partial charge in [0.1, 0.15) is 0 Å². The van der Waals surface area contributed by atoms with Gasteiger partial charge in [-0.3, -0.25) is 0 Å². The lowest BCUT2D eigenvalue weighted by Crippen LogP contribution is -2.52. The van der Waals surface area contributed by atoms with Crippen molar-refractivity contribution in [1.29, 1.82) is 0 Å². The summed E-state index contributed by atoms with van der Waals surface area (Å²) in [6.07, 6.45) is 0.622. The van der Waals surface area contributed by atoms with Crippen molar-refractivity contribution in [1.82, 2.24) is 16.0 Å². The number of carbonyl (C=O) groups is 2. The van der Waals surface area contributed by atoms with E-state index in [0.29, 0.717) is 36.8 Å². The van der Waals surface area contributed by atoms with E-state index in [2.05, 4.69) is 41.9 Å². The van der Waals surface area contributed by atoms with Crippen molar-refractivity contribution in [3.63, 3.8) is 0 Å². The average Bonchev–Trinajstić information content (AvgIpc) is 2.62. The Labute approximate surface area is 155 Å². The van der Waals surface area contributed by atoms with Gasteiger partial charge in [0.05, 0.1) is 18.2 Å². The Hall–Kier alpha value is -2.34. The van der Waals surface area contributed by atoms with Crippen LogP contribution in [0.15, 0.2) is 41.6 Å². The molecule has 2 rings (SSSR count). The molecule has 3 N–H and O–H groups in total. The first-order valence-corrected chi connectivity index (χ1v) is 9.23. The van der Waals surface area contributed by atoms with Gasteiger partial charge < -0.3 is 20.7 Å². The van der Waals surface area contributed by atoms with Gasteiger partial charge in [0.25, 0.3) is 0 Å². The fraction of sp³-hybridized carbons (Fsp3) is 0.500. The Morgan fingerprint density at radius 3 is 2.50 bits per heavy atom. The lowest BCUT2D eigenvalue weighted by molar-refractivity contribution is -0.139. The number of amides is 2. The van der Waals surface area contributed by atoms with Crippen LogP contribution in [0.2, 0.25) is 0 Å². The van der Waals surface area contributed by atoms with Crippen molar-refractivity contribution < 1.29 is 14.3 Å². The van der Waals surface area contributed by atoms with Gasteiger partial charge in [-0.1, -0.05) is 51.1 Å². The lowest BCUT2D eigenvalue weighted by Gasteiger charge is -2.30. The highest BCUT2D eigenvalue weighted by Gasteiger charge is 2.31. The maximum atomic E-state index is 12.4. The second-order valence-electron chi connectivity index (χ2n) is 6.69. The molecule has 0 radical (unpaired) electrons. The summed E-state index contributed by atoms with van der Waals surface area (Å²) in [4.78, 5) is 24.4. The van der Waals surface area contributed by atoms with E-state index in [4.69, 9.17) is 4.74 Å². The van der Waals surface area contributed by atoms with Crippen molar-refractivity contribution in [2.75, 3.05) is 13.2 Å². The molecule has 142 valence electrons. The Morgan fingerprint density at radius 1 is 1.23 bits per heavy atom. The van der Waals surface area contributed by atoms with Crippen LogP contribution in [0.3, 0.4) is 0 Å². The van der Waals surface area contributed by atoms with Crippen LogP contribution >= 0.6 is 0 Å². The molecule has 0 saturated heterocycles. The highest BCUT2D eigenvalue weighted by Crippen LogP contribution is 2.23. The maximum Gasteiger partial charge on any atom is 0.337 e. The first-order valence-electron chi connectivity index (χ1n) is 9.23. The highest BCUT2D eigenvalue weighted by molar-refractivity contribution is 5.94. The number of esters is 1. The third-order valence-corrected chi connectivity index (χ3v) is 4.47. The van der Waals surface area contributed by atoms with Gasteiger partial charge in [-0.15, -0.1) is 0 Å². The summed E-state index contributed by atoms with van der Waals surface area (Å²) in [7, 11) is 0. The summed E-state index contributed by atoms with van der Waals surface area (Å²) in [5.41, 5.74) is 2.26. The summed E-state index contributed by atoms with van der Waals surface area (Å²) in [5.74, 6) is -0.0344. The van der Waals surface area contributed by atoms with Gasteiger partial charge in [0.2, 0.25) is 0 Å². The molecule has 2 atom stereocenters. The van der Waals surface area contributed by atoms with E-state index in [1.165, 1.54) is 5.56 Å². The normalized spacial score (nSPS) is 18.3. The van der Waals surface area contributed by atoms with E-state index in [1.807, 2.05) is 25.1 Å². The highest BCUT2D eigenvalue weighted by atomic mass is 16.5. The van der Waals surface area contributed by atoms with Crippen LogP contribution in [0.25, 0.3) is 0 Å². The van der Waals surface area contributed by atoms with E-state index in [9.17, 15) is 9.59 Å². The number of ether oxygens (including phenoxy) is 1. The second kappa shape index (κ2) is 9.38. The van der Waals surface area contributed by atoms with E-state index in [-0.39, 0.29) is 24.1 Å². The summed E-state index contributed by atoms with van der Waals surface area (Å²) in [5, 5.41) is 9.06. The third kappa shape index (κ3) is 4.85. The largest absolute Gasteiger partial charge is 0.463 e. The number of urea groups is 1. The van der Waals surface area contributed by atoms with Crippen LogP contribution in [0, 0.1) is 5.92 Å². The molecular formula is C20H29N3O3. The van der Waals surface area contributed by atoms with Crippen molar-refractivity contribution in [2.45, 2.75) is 46.2 Å². The predicted octanol–water partition coefficient (Wildman–Crippen LogP) is 2.88. The molecule has 1 aromatic carbocycles. The van der Waals surface area contributed by atoms with Crippen LogP contribution in [0.5, 0.6) is 0 Å². The van der Waals surface area contributed by atoms with Crippen LogP contribution in [0.4, 0.5) is 4.79 Å². The summed E-state index contributed by atoms with van der Waals surface area (Å²) < 4.78 is 5.20. The average molecular weight is 359 g/mol. The number of rotatable bonds is 8. The molecule has 2 amide bonds. The molecule has 1 aliphatic heterocycles. The van der Waals surface area contributed by atoms with Crippen molar-refractivity contribution in [2.24, 2.45) is 5.92 Å². The fourth-order valence-corrected chi connectivity index (χ4v) is 3.21. The number of carbonyl (C=O) groups excluding carboxylic acids is 2. The molecule has 0 fully saturated rings. The molecule has 0 aromatic heterocycles. The Kier molecular flexibility index (Phi) is 7.21. The zero-order valence-corrected chi connectivity index (χ0v) is 16.0. The van der Waals surface area contributed by atoms with Gasteiger partial charge >= 0.3 is 12.0 Å². The monoisotopic (exact) mass is 359 g/mol. The van der Waals surface area contributed by atoms with Crippen LogP contribution in [-0.4, -0.2) is 31.2 Å². The quantitative estimate of drug-likeness (QED) is 0.624. The number of nitrogens with one attached hydrogen (secondary N) is 3. The number of hydrogen-bond acceptors (Lipinski definition) is 4. The lowest BCUT2D eigenvalue weighted by atomic mass is 9.95. The molecule has 0 bridgehead atoms.